The summed E-state index contributed by atoms with van der Waals surface area (Å²) in [6.45, 7) is 1.81. The molecule has 0 bridgehead atoms. The van der Waals surface area contributed by atoms with Crippen molar-refractivity contribution in [3.05, 3.63) is 72.2 Å². The number of benzene rings is 2. The first-order valence-electron chi connectivity index (χ1n) is 11.3. The van der Waals surface area contributed by atoms with E-state index in [0.29, 0.717) is 6.42 Å². The normalized spacial score (nSPS) is 14.7. The number of aliphatic hydroxyl groups is 1. The van der Waals surface area contributed by atoms with Gasteiger partial charge in [-0.15, -0.1) is 11.8 Å². The second-order valence-corrected chi connectivity index (χ2v) is 9.38. The number of rotatable bonds is 6. The fourth-order valence-corrected chi connectivity index (χ4v) is 4.97. The van der Waals surface area contributed by atoms with Crippen LogP contribution in [0.3, 0.4) is 0 Å². The van der Waals surface area contributed by atoms with E-state index in [1.54, 1.807) is 11.8 Å². The molecule has 0 aliphatic carbocycles. The fraction of sp³-hybridized carbons (Fsp3) is 0.308. The van der Waals surface area contributed by atoms with Crippen LogP contribution in [-0.2, 0) is 13.5 Å². The van der Waals surface area contributed by atoms with E-state index in [-0.39, 0.29) is 6.10 Å². The third-order valence-corrected chi connectivity index (χ3v) is 7.05. The highest BCUT2D eigenvalue weighted by molar-refractivity contribution is 7.98. The maximum absolute atomic E-state index is 9.76. The molecule has 1 fully saturated rings. The van der Waals surface area contributed by atoms with E-state index in [1.807, 2.05) is 25.4 Å². The molecule has 0 spiro atoms. The van der Waals surface area contributed by atoms with Gasteiger partial charge >= 0.3 is 0 Å². The quantitative estimate of drug-likeness (QED) is 0.396. The highest BCUT2D eigenvalue weighted by Crippen LogP contribution is 2.30. The fourth-order valence-electron chi connectivity index (χ4n) is 4.41. The average molecular weight is 460 g/mol. The second-order valence-electron chi connectivity index (χ2n) is 8.54. The number of aromatic nitrogens is 3. The Hall–Kier alpha value is -3.03. The van der Waals surface area contributed by atoms with Crippen molar-refractivity contribution in [3.8, 4) is 0 Å². The van der Waals surface area contributed by atoms with Crippen molar-refractivity contribution in [2.75, 3.05) is 29.6 Å². The van der Waals surface area contributed by atoms with Crippen LogP contribution in [0, 0.1) is 0 Å². The number of aryl methyl sites for hydroxylation is 1. The van der Waals surface area contributed by atoms with Crippen molar-refractivity contribution in [3.63, 3.8) is 0 Å². The molecule has 2 aromatic heterocycles. The van der Waals surface area contributed by atoms with Crippen LogP contribution in [0.5, 0.6) is 0 Å². The summed E-state index contributed by atoms with van der Waals surface area (Å²) in [5, 5.41) is 13.3. The van der Waals surface area contributed by atoms with Crippen LogP contribution in [0.2, 0.25) is 0 Å². The number of thioether (sulfide) groups is 1. The minimum absolute atomic E-state index is 0.156. The van der Waals surface area contributed by atoms with E-state index in [0.717, 1.165) is 54.3 Å². The molecule has 0 amide bonds. The summed E-state index contributed by atoms with van der Waals surface area (Å²) < 4.78 is 2.06. The number of nitrogens with one attached hydrogen (secondary N) is 1. The van der Waals surface area contributed by atoms with Crippen molar-refractivity contribution in [1.29, 1.82) is 0 Å². The Balaban J connectivity index is 1.41. The lowest BCUT2D eigenvalue weighted by molar-refractivity contribution is 0.145. The van der Waals surface area contributed by atoms with Crippen LogP contribution in [0.1, 0.15) is 24.2 Å². The van der Waals surface area contributed by atoms with Gasteiger partial charge in [-0.3, -0.25) is 0 Å². The lowest BCUT2D eigenvalue weighted by atomic mass is 10.1. The van der Waals surface area contributed by atoms with Gasteiger partial charge in [-0.05, 0) is 55.0 Å². The summed E-state index contributed by atoms with van der Waals surface area (Å²) in [4.78, 5) is 13.3. The van der Waals surface area contributed by atoms with E-state index in [4.69, 9.17) is 9.97 Å². The Morgan fingerprint density at radius 1 is 1.03 bits per heavy atom. The molecule has 170 valence electrons. The van der Waals surface area contributed by atoms with Gasteiger partial charge in [0.15, 0.2) is 5.82 Å². The van der Waals surface area contributed by atoms with Gasteiger partial charge < -0.3 is 19.9 Å². The van der Waals surface area contributed by atoms with E-state index in [2.05, 4.69) is 63.5 Å². The van der Waals surface area contributed by atoms with Crippen molar-refractivity contribution in [1.82, 2.24) is 14.5 Å². The average Bonchev–Trinajstić information content (AvgIpc) is 3.21. The Morgan fingerprint density at radius 2 is 1.79 bits per heavy atom. The second kappa shape index (κ2) is 9.45. The number of piperidine rings is 1. The van der Waals surface area contributed by atoms with E-state index in [9.17, 15) is 5.11 Å². The van der Waals surface area contributed by atoms with Crippen molar-refractivity contribution < 1.29 is 5.11 Å². The van der Waals surface area contributed by atoms with E-state index in [1.165, 1.54) is 16.1 Å². The Bertz CT molecular complexity index is 1250. The Kier molecular flexibility index (Phi) is 6.24. The number of para-hydroxylation sites is 1. The van der Waals surface area contributed by atoms with Crippen LogP contribution < -0.4 is 10.2 Å². The highest BCUT2D eigenvalue weighted by atomic mass is 32.2. The molecule has 0 saturated carbocycles. The summed E-state index contributed by atoms with van der Waals surface area (Å²) in [6, 6.07) is 19.0. The topological polar surface area (TPSA) is 66.2 Å². The predicted molar refractivity (Wildman–Crippen MR) is 137 cm³/mol. The minimum atomic E-state index is -0.156. The largest absolute Gasteiger partial charge is 0.393 e. The smallest absolute Gasteiger partial charge is 0.158 e. The molecule has 33 heavy (non-hydrogen) atoms. The molecule has 0 atom stereocenters. The molecular formula is C26H29N5OS. The monoisotopic (exact) mass is 459 g/mol. The zero-order chi connectivity index (χ0) is 22.8. The molecule has 0 unspecified atom stereocenters. The lowest BCUT2D eigenvalue weighted by Gasteiger charge is -2.31. The van der Waals surface area contributed by atoms with Crippen molar-refractivity contribution >= 4 is 40.0 Å². The molecule has 2 aromatic carbocycles. The number of anilines is 3. The molecule has 1 aliphatic rings. The summed E-state index contributed by atoms with van der Waals surface area (Å²) in [6.07, 6.45) is 6.29. The SMILES string of the molecule is CSc1ccccc1Nc1nc(Cc2ccc(N3CCC(O)CC3)cc2)nc2ccn(C)c12. The van der Waals surface area contributed by atoms with Crippen LogP contribution in [-0.4, -0.2) is 45.1 Å². The molecule has 0 radical (unpaired) electrons. The Labute approximate surface area is 198 Å². The molecule has 1 aliphatic heterocycles. The third kappa shape index (κ3) is 4.70. The number of fused-ring (bicyclic) bond motifs is 1. The van der Waals surface area contributed by atoms with Gasteiger partial charge in [0.25, 0.3) is 0 Å². The first-order chi connectivity index (χ1) is 16.1. The number of aliphatic hydroxyl groups excluding tert-OH is 1. The van der Waals surface area contributed by atoms with Gasteiger partial charge in [0.1, 0.15) is 11.3 Å². The number of hydrogen-bond donors (Lipinski definition) is 2. The van der Waals surface area contributed by atoms with Gasteiger partial charge in [-0.2, -0.15) is 0 Å². The summed E-state index contributed by atoms with van der Waals surface area (Å²) in [7, 11) is 2.02. The molecule has 6 nitrogen and oxygen atoms in total. The van der Waals surface area contributed by atoms with Crippen molar-refractivity contribution in [2.45, 2.75) is 30.3 Å². The molecule has 7 heteroatoms. The van der Waals surface area contributed by atoms with Gasteiger partial charge in [0.2, 0.25) is 0 Å². The summed E-state index contributed by atoms with van der Waals surface area (Å²) in [5.74, 6) is 1.62. The third-order valence-electron chi connectivity index (χ3n) is 6.25. The maximum Gasteiger partial charge on any atom is 0.158 e. The first kappa shape index (κ1) is 21.8. The zero-order valence-corrected chi connectivity index (χ0v) is 19.8. The minimum Gasteiger partial charge on any atom is -0.393 e. The molecule has 3 heterocycles. The van der Waals surface area contributed by atoms with Crippen molar-refractivity contribution in [2.24, 2.45) is 7.05 Å². The lowest BCUT2D eigenvalue weighted by Crippen LogP contribution is -2.35. The van der Waals surface area contributed by atoms with Gasteiger partial charge in [-0.1, -0.05) is 24.3 Å². The number of hydrogen-bond acceptors (Lipinski definition) is 6. The predicted octanol–water partition coefficient (Wildman–Crippen LogP) is 4.99. The first-order valence-corrected chi connectivity index (χ1v) is 12.6. The standard InChI is InChI=1S/C26H29N5OS/c1-30-14-13-22-25(30)26(28-21-5-3-4-6-23(21)33-2)29-24(27-22)17-18-7-9-19(10-8-18)31-15-11-20(32)12-16-31/h3-10,13-14,20,32H,11-12,15-17H2,1-2H3,(H,27,28,29). The summed E-state index contributed by atoms with van der Waals surface area (Å²) in [5.41, 5.74) is 5.38. The molecule has 4 aromatic rings. The highest BCUT2D eigenvalue weighted by Gasteiger charge is 2.17. The van der Waals surface area contributed by atoms with Crippen LogP contribution in [0.25, 0.3) is 11.0 Å². The van der Waals surface area contributed by atoms with E-state index >= 15 is 0 Å². The van der Waals surface area contributed by atoms with E-state index < -0.39 is 0 Å². The van der Waals surface area contributed by atoms with Gasteiger partial charge in [0, 0.05) is 43.3 Å². The maximum atomic E-state index is 9.76. The van der Waals surface area contributed by atoms with Crippen LogP contribution in [0.4, 0.5) is 17.2 Å². The molecule has 2 N–H and O–H groups in total. The van der Waals surface area contributed by atoms with Gasteiger partial charge in [0.05, 0.1) is 17.3 Å². The Morgan fingerprint density at radius 3 is 2.55 bits per heavy atom. The molecule has 1 saturated heterocycles. The molecular weight excluding hydrogens is 430 g/mol. The molecule has 5 rings (SSSR count). The number of nitrogens with zero attached hydrogens (tertiary/aromatic N) is 4. The zero-order valence-electron chi connectivity index (χ0n) is 19.0. The summed E-state index contributed by atoms with van der Waals surface area (Å²) >= 11 is 1.72. The van der Waals surface area contributed by atoms with Gasteiger partial charge in [-0.25, -0.2) is 9.97 Å². The van der Waals surface area contributed by atoms with Crippen LogP contribution in [0.15, 0.2) is 65.7 Å². The van der Waals surface area contributed by atoms with Crippen LogP contribution >= 0.6 is 11.8 Å².